The molecule has 5 heteroatoms. The first-order chi connectivity index (χ1) is 16.9. The van der Waals surface area contributed by atoms with Gasteiger partial charge in [-0.3, -0.25) is 4.79 Å². The molecule has 35 heavy (non-hydrogen) atoms. The van der Waals surface area contributed by atoms with Gasteiger partial charge in [-0.05, 0) is 81.7 Å². The van der Waals surface area contributed by atoms with Crippen molar-refractivity contribution in [2.75, 3.05) is 20.3 Å². The minimum Gasteiger partial charge on any atom is -0.496 e. The number of aryl methyl sites for hydroxylation is 1. The normalized spacial score (nSPS) is 10.8. The molecule has 0 amide bonds. The summed E-state index contributed by atoms with van der Waals surface area (Å²) < 4.78 is 16.4. The Balaban J connectivity index is 2.23. The molecule has 0 aliphatic heterocycles. The van der Waals surface area contributed by atoms with E-state index in [0.29, 0.717) is 12.4 Å². The molecule has 0 fully saturated rings. The molecule has 0 aliphatic carbocycles. The molecule has 0 aromatic heterocycles. The predicted octanol–water partition coefficient (Wildman–Crippen LogP) is 7.24. The van der Waals surface area contributed by atoms with Crippen LogP contribution in [0.15, 0.2) is 54.1 Å². The van der Waals surface area contributed by atoms with Gasteiger partial charge in [0.15, 0.2) is 5.78 Å². The van der Waals surface area contributed by atoms with Gasteiger partial charge >= 0.3 is 5.97 Å². The van der Waals surface area contributed by atoms with Crippen LogP contribution >= 0.6 is 0 Å². The molecule has 0 saturated carbocycles. The van der Waals surface area contributed by atoms with Crippen molar-refractivity contribution in [1.82, 2.24) is 0 Å². The van der Waals surface area contributed by atoms with Gasteiger partial charge in [-0.25, -0.2) is 4.79 Å². The largest absolute Gasteiger partial charge is 0.496 e. The molecule has 0 unspecified atom stereocenters. The number of ketones is 1. The van der Waals surface area contributed by atoms with Gasteiger partial charge in [0.2, 0.25) is 0 Å². The average Bonchev–Trinajstić information content (AvgIpc) is 2.85. The molecule has 0 atom stereocenters. The van der Waals surface area contributed by atoms with E-state index in [4.69, 9.17) is 14.2 Å². The zero-order valence-corrected chi connectivity index (χ0v) is 21.7. The zero-order valence-electron chi connectivity index (χ0n) is 21.7. The predicted molar refractivity (Wildman–Crippen MR) is 142 cm³/mol. The quantitative estimate of drug-likeness (QED) is 0.0942. The third kappa shape index (κ3) is 9.08. The lowest BCUT2D eigenvalue weighted by Crippen LogP contribution is -2.11. The summed E-state index contributed by atoms with van der Waals surface area (Å²) >= 11 is 0. The van der Waals surface area contributed by atoms with Gasteiger partial charge in [-0.2, -0.15) is 0 Å². The summed E-state index contributed by atoms with van der Waals surface area (Å²) in [5, 5.41) is 0. The number of methoxy groups -OCH3 is 1. The Morgan fingerprint density at radius 2 is 1.74 bits per heavy atom. The lowest BCUT2D eigenvalue weighted by Gasteiger charge is -2.11. The smallest absolute Gasteiger partial charge is 0.339 e. The third-order valence-corrected chi connectivity index (χ3v) is 5.52. The van der Waals surface area contributed by atoms with Crippen molar-refractivity contribution in [2.24, 2.45) is 0 Å². The van der Waals surface area contributed by atoms with Crippen LogP contribution in [0.5, 0.6) is 11.5 Å². The summed E-state index contributed by atoms with van der Waals surface area (Å²) in [6.45, 7) is 8.50. The molecule has 2 aromatic rings. The van der Waals surface area contributed by atoms with Crippen molar-refractivity contribution in [3.05, 3.63) is 76.4 Å². The molecule has 0 radical (unpaired) electrons. The maximum atomic E-state index is 13.0. The van der Waals surface area contributed by atoms with E-state index in [1.807, 2.05) is 32.1 Å². The number of unbranched alkanes of at least 4 members (excludes halogenated alkanes) is 3. The van der Waals surface area contributed by atoms with Crippen molar-refractivity contribution in [3.63, 3.8) is 0 Å². The molecule has 2 rings (SSSR count). The molecule has 0 heterocycles. The molecule has 0 saturated heterocycles. The summed E-state index contributed by atoms with van der Waals surface area (Å²) in [7, 11) is 1.63. The molecule has 0 spiro atoms. The maximum absolute atomic E-state index is 13.0. The number of benzene rings is 2. The van der Waals surface area contributed by atoms with Crippen LogP contribution in [0.1, 0.15) is 85.2 Å². The van der Waals surface area contributed by atoms with Gasteiger partial charge in [0.1, 0.15) is 18.1 Å². The molecule has 2 aromatic carbocycles. The number of hydrogen-bond donors (Lipinski definition) is 0. The minimum atomic E-state index is -0.554. The second kappa shape index (κ2) is 14.8. The molecule has 0 bridgehead atoms. The zero-order chi connectivity index (χ0) is 25.6. The summed E-state index contributed by atoms with van der Waals surface area (Å²) in [4.78, 5) is 25.6. The van der Waals surface area contributed by atoms with Gasteiger partial charge in [-0.1, -0.05) is 43.9 Å². The maximum Gasteiger partial charge on any atom is 0.339 e. The molecule has 5 nitrogen and oxygen atoms in total. The van der Waals surface area contributed by atoms with E-state index >= 15 is 0 Å². The van der Waals surface area contributed by atoms with E-state index in [1.54, 1.807) is 38.3 Å². The van der Waals surface area contributed by atoms with Gasteiger partial charge in [-0.15, -0.1) is 0 Å². The van der Waals surface area contributed by atoms with Crippen molar-refractivity contribution in [1.29, 1.82) is 0 Å². The molecule has 0 aliphatic rings. The number of hydrogen-bond acceptors (Lipinski definition) is 5. The van der Waals surface area contributed by atoms with E-state index < -0.39 is 5.97 Å². The highest BCUT2D eigenvalue weighted by Gasteiger charge is 2.18. The lowest BCUT2D eigenvalue weighted by molar-refractivity contribution is 0.0523. The number of allylic oxidation sites excluding steroid dienone is 2. The van der Waals surface area contributed by atoms with Gasteiger partial charge < -0.3 is 14.2 Å². The highest BCUT2D eigenvalue weighted by molar-refractivity contribution is 6.13. The second-order valence-electron chi connectivity index (χ2n) is 8.60. The molecule has 188 valence electrons. The van der Waals surface area contributed by atoms with Gasteiger partial charge in [0, 0.05) is 11.1 Å². The Kier molecular flexibility index (Phi) is 11.8. The lowest BCUT2D eigenvalue weighted by atomic mass is 10.0. The molecular formula is C30H38O5. The van der Waals surface area contributed by atoms with Crippen LogP contribution in [0.2, 0.25) is 0 Å². The third-order valence-electron chi connectivity index (χ3n) is 5.52. The van der Waals surface area contributed by atoms with E-state index in [2.05, 4.69) is 13.0 Å². The van der Waals surface area contributed by atoms with E-state index in [-0.39, 0.29) is 23.5 Å². The van der Waals surface area contributed by atoms with Crippen molar-refractivity contribution in [2.45, 2.75) is 59.8 Å². The fourth-order valence-electron chi connectivity index (χ4n) is 3.57. The number of rotatable bonds is 14. The summed E-state index contributed by atoms with van der Waals surface area (Å²) in [6.07, 6.45) is 10.9. The minimum absolute atomic E-state index is 0.186. The summed E-state index contributed by atoms with van der Waals surface area (Å²) in [6, 6.07) is 10.9. The van der Waals surface area contributed by atoms with Crippen LogP contribution in [-0.2, 0) is 11.2 Å². The number of esters is 1. The number of carbonyl (C=O) groups is 2. The molecular weight excluding hydrogens is 440 g/mol. The Morgan fingerprint density at radius 3 is 2.43 bits per heavy atom. The summed E-state index contributed by atoms with van der Waals surface area (Å²) in [5.41, 5.74) is 3.60. The van der Waals surface area contributed by atoms with E-state index in [1.165, 1.54) is 30.9 Å². The van der Waals surface area contributed by atoms with Crippen LogP contribution in [-0.4, -0.2) is 32.1 Å². The first-order valence-electron chi connectivity index (χ1n) is 12.4. The first kappa shape index (κ1) is 27.9. The van der Waals surface area contributed by atoms with Crippen LogP contribution in [0.4, 0.5) is 0 Å². The van der Waals surface area contributed by atoms with Crippen molar-refractivity contribution >= 4 is 17.8 Å². The molecule has 0 N–H and O–H groups in total. The van der Waals surface area contributed by atoms with E-state index in [0.717, 1.165) is 29.7 Å². The Labute approximate surface area is 209 Å². The SMILES string of the molecule is CCCCCCc1ccc(C=CC(=O)c2ccc(OCC=C(C)C)cc2C(=O)OCC)c(OC)c1. The summed E-state index contributed by atoms with van der Waals surface area (Å²) in [5.74, 6) is 0.370. The Hall–Kier alpha value is -3.34. The number of ether oxygens (including phenoxy) is 3. The highest BCUT2D eigenvalue weighted by Crippen LogP contribution is 2.24. The van der Waals surface area contributed by atoms with Crippen molar-refractivity contribution < 1.29 is 23.8 Å². The van der Waals surface area contributed by atoms with Crippen molar-refractivity contribution in [3.8, 4) is 11.5 Å². The second-order valence-corrected chi connectivity index (χ2v) is 8.60. The van der Waals surface area contributed by atoms with Crippen LogP contribution in [0.3, 0.4) is 0 Å². The van der Waals surface area contributed by atoms with Gasteiger partial charge in [0.05, 0.1) is 19.3 Å². The monoisotopic (exact) mass is 478 g/mol. The fourth-order valence-corrected chi connectivity index (χ4v) is 3.57. The van der Waals surface area contributed by atoms with E-state index in [9.17, 15) is 9.59 Å². The van der Waals surface area contributed by atoms with Crippen LogP contribution < -0.4 is 9.47 Å². The Morgan fingerprint density at radius 1 is 0.943 bits per heavy atom. The standard InChI is InChI=1S/C30H38O5/c1-6-8-9-10-11-23-12-13-24(29(20-23)33-5)14-17-28(31)26-16-15-25(35-19-18-22(3)4)21-27(26)30(32)34-7-2/h12-18,20-21H,6-11,19H2,1-5H3. The number of carbonyl (C=O) groups excluding carboxylic acids is 2. The average molecular weight is 479 g/mol. The fraction of sp³-hybridized carbons (Fsp3) is 0.400. The highest BCUT2D eigenvalue weighted by atomic mass is 16.5. The van der Waals surface area contributed by atoms with Gasteiger partial charge in [0.25, 0.3) is 0 Å². The first-order valence-corrected chi connectivity index (χ1v) is 12.4. The Bertz CT molecular complexity index is 1040. The van der Waals surface area contributed by atoms with Crippen LogP contribution in [0.25, 0.3) is 6.08 Å². The van der Waals surface area contributed by atoms with Crippen LogP contribution in [0, 0.1) is 0 Å². The topological polar surface area (TPSA) is 61.8 Å².